The van der Waals surface area contributed by atoms with Crippen molar-refractivity contribution in [2.45, 2.75) is 173 Å². The Morgan fingerprint density at radius 2 is 1.68 bits per heavy atom. The van der Waals surface area contributed by atoms with Gasteiger partial charge in [-0.25, -0.2) is 13.4 Å². The molecule has 1 saturated heterocycles. The summed E-state index contributed by atoms with van der Waals surface area (Å²) in [4.78, 5) is 54.1. The van der Waals surface area contributed by atoms with Crippen LogP contribution in [0.1, 0.15) is 143 Å². The van der Waals surface area contributed by atoms with Crippen molar-refractivity contribution in [3.8, 4) is 5.75 Å². The van der Waals surface area contributed by atoms with Crippen molar-refractivity contribution in [1.29, 1.82) is 0 Å². The van der Waals surface area contributed by atoms with Crippen LogP contribution >= 0.6 is 0 Å². The van der Waals surface area contributed by atoms with Gasteiger partial charge >= 0.3 is 0 Å². The van der Waals surface area contributed by atoms with Crippen LogP contribution in [0.2, 0.25) is 0 Å². The number of rotatable bonds is 8. The van der Waals surface area contributed by atoms with Crippen molar-refractivity contribution in [3.05, 3.63) is 47.7 Å². The highest BCUT2D eigenvalue weighted by molar-refractivity contribution is 7.91. The number of carbonyl (C=O) groups excluding carboxylic acids is 3. The highest BCUT2D eigenvalue weighted by Crippen LogP contribution is 2.47. The average Bonchev–Trinajstić information content (AvgIpc) is 3.82. The van der Waals surface area contributed by atoms with E-state index in [2.05, 4.69) is 68.6 Å². The van der Waals surface area contributed by atoms with Crippen molar-refractivity contribution in [2.24, 2.45) is 16.7 Å². The molecule has 2 N–H and O–H groups in total. The minimum absolute atomic E-state index is 0.0628. The van der Waals surface area contributed by atoms with Crippen LogP contribution in [0.3, 0.4) is 0 Å². The summed E-state index contributed by atoms with van der Waals surface area (Å²) in [5, 5.41) is 4.20. The third-order valence-electron chi connectivity index (χ3n) is 14.1. The molecular weight excluding hydrogens is 763 g/mol. The quantitative estimate of drug-likeness (QED) is 0.261. The van der Waals surface area contributed by atoms with Gasteiger partial charge in [0.15, 0.2) is 0 Å². The van der Waals surface area contributed by atoms with Crippen molar-refractivity contribution in [1.82, 2.24) is 24.8 Å². The van der Waals surface area contributed by atoms with E-state index in [1.807, 2.05) is 31.2 Å². The van der Waals surface area contributed by atoms with Gasteiger partial charge < -0.3 is 15.0 Å². The third kappa shape index (κ3) is 9.09. The molecule has 324 valence electrons. The normalized spacial score (nSPS) is 28.8. The summed E-state index contributed by atoms with van der Waals surface area (Å²) in [6.45, 7) is 18.8. The summed E-state index contributed by atoms with van der Waals surface area (Å²) in [6, 6.07) is 6.72. The first-order valence-electron chi connectivity index (χ1n) is 22.3. The Hall–Kier alpha value is -3.51. The van der Waals surface area contributed by atoms with Crippen LogP contribution < -0.4 is 14.8 Å². The van der Waals surface area contributed by atoms with Gasteiger partial charge in [-0.15, -0.1) is 0 Å². The molecule has 0 bridgehead atoms. The predicted octanol–water partition coefficient (Wildman–Crippen LogP) is 7.53. The summed E-state index contributed by atoms with van der Waals surface area (Å²) in [5.74, 6) is -0.868. The maximum absolute atomic E-state index is 15.6. The molecule has 1 spiro atoms. The lowest BCUT2D eigenvalue weighted by atomic mass is 9.65. The maximum atomic E-state index is 15.6. The molecule has 59 heavy (non-hydrogen) atoms. The molecule has 5 unspecified atom stereocenters. The highest BCUT2D eigenvalue weighted by Gasteiger charge is 2.59. The van der Waals surface area contributed by atoms with E-state index in [0.29, 0.717) is 44.9 Å². The fourth-order valence-electron chi connectivity index (χ4n) is 9.58. The number of pyridine rings is 1. The molecular formula is C47H69N5O6S. The average molecular weight is 832 g/mol. The zero-order valence-corrected chi connectivity index (χ0v) is 37.7. The van der Waals surface area contributed by atoms with Gasteiger partial charge in [-0.3, -0.25) is 24.0 Å². The lowest BCUT2D eigenvalue weighted by Gasteiger charge is -2.48. The molecule has 1 aromatic heterocycles. The highest BCUT2D eigenvalue weighted by atomic mass is 32.2. The van der Waals surface area contributed by atoms with Gasteiger partial charge in [-0.2, -0.15) is 0 Å². The number of carbonyl (C=O) groups is 3. The van der Waals surface area contributed by atoms with Crippen molar-refractivity contribution < 1.29 is 27.5 Å². The van der Waals surface area contributed by atoms with Gasteiger partial charge in [0.05, 0.1) is 28.5 Å². The number of ether oxygens (including phenoxy) is 1. The van der Waals surface area contributed by atoms with Crippen molar-refractivity contribution in [3.63, 3.8) is 0 Å². The van der Waals surface area contributed by atoms with Crippen molar-refractivity contribution >= 4 is 38.6 Å². The minimum Gasteiger partial charge on any atom is -0.483 e. The first kappa shape index (κ1) is 43.6. The fraction of sp³-hybridized carbons (Fsp3) is 0.702. The largest absolute Gasteiger partial charge is 0.483 e. The minimum atomic E-state index is -3.96. The topological polar surface area (TPSA) is 138 Å². The standard InChI is InChI=1S/C47H69N5O6S/c1-32-39-35(34-17-14-15-18-36(34)48-32)21-22-46(58-39)30-38-40(53)49-47(42(55)50-59(56,57)45(8)24-25-45)23-20-33(47)16-12-10-9-11-13-19-37(41(54)52(38)31-46)51(28-26-43(2,3)4)29-27-44(5,6)7/h12,14-18,33,37-38H,9-11,13,19-31H2,1-8H3,(H,49,53)(H,50,55). The maximum Gasteiger partial charge on any atom is 0.259 e. The molecule has 3 aliphatic heterocycles. The Bertz CT molecular complexity index is 2070. The Morgan fingerprint density at radius 1 is 0.983 bits per heavy atom. The number of nitrogens with zero attached hydrogens (tertiary/aromatic N) is 3. The lowest BCUT2D eigenvalue weighted by molar-refractivity contribution is -0.146. The number of aromatic nitrogens is 1. The van der Waals surface area contributed by atoms with E-state index in [9.17, 15) is 13.2 Å². The molecule has 4 heterocycles. The molecule has 3 fully saturated rings. The van der Waals surface area contributed by atoms with E-state index in [1.165, 1.54) is 0 Å². The van der Waals surface area contributed by atoms with E-state index in [0.717, 1.165) is 79.5 Å². The number of sulfonamides is 1. The van der Waals surface area contributed by atoms with Gasteiger partial charge in [-0.1, -0.05) is 84.7 Å². The molecule has 12 heteroatoms. The summed E-state index contributed by atoms with van der Waals surface area (Å²) < 4.78 is 35.4. The third-order valence-corrected chi connectivity index (χ3v) is 16.2. The first-order chi connectivity index (χ1) is 27.6. The molecule has 0 radical (unpaired) electrons. The Kier molecular flexibility index (Phi) is 11.9. The van der Waals surface area contributed by atoms with Crippen LogP contribution in [0, 0.1) is 23.7 Å². The van der Waals surface area contributed by atoms with Gasteiger partial charge in [-0.05, 0) is 114 Å². The molecule has 2 saturated carbocycles. The molecule has 1 aromatic carbocycles. The number of nitrogens with one attached hydrogen (secondary N) is 2. The second-order valence-corrected chi connectivity index (χ2v) is 23.4. The van der Waals surface area contributed by atoms with Gasteiger partial charge in [0, 0.05) is 23.3 Å². The second-order valence-electron chi connectivity index (χ2n) is 21.2. The van der Waals surface area contributed by atoms with E-state index in [-0.39, 0.29) is 35.6 Å². The number of allylic oxidation sites excluding steroid dienone is 1. The number of aryl methyl sites for hydroxylation is 2. The van der Waals surface area contributed by atoms with Gasteiger partial charge in [0.2, 0.25) is 21.8 Å². The smallest absolute Gasteiger partial charge is 0.259 e. The Labute approximate surface area is 352 Å². The number of hydrogen-bond donors (Lipinski definition) is 2. The van der Waals surface area contributed by atoms with E-state index in [1.54, 1.807) is 11.8 Å². The van der Waals surface area contributed by atoms with Crippen LogP contribution in [0.4, 0.5) is 0 Å². The number of para-hydroxylation sites is 1. The Morgan fingerprint density at radius 3 is 2.32 bits per heavy atom. The predicted molar refractivity (Wildman–Crippen MR) is 232 cm³/mol. The molecule has 5 atom stereocenters. The molecule has 5 aliphatic rings. The lowest BCUT2D eigenvalue weighted by Crippen LogP contribution is -2.70. The molecule has 3 amide bonds. The van der Waals surface area contributed by atoms with Crippen LogP contribution in [-0.4, -0.2) is 88.5 Å². The number of benzene rings is 1. The monoisotopic (exact) mass is 831 g/mol. The van der Waals surface area contributed by atoms with Crippen LogP contribution in [-0.2, 0) is 30.8 Å². The van der Waals surface area contributed by atoms with Crippen LogP contribution in [0.25, 0.3) is 10.9 Å². The first-order valence-corrected chi connectivity index (χ1v) is 23.8. The van der Waals surface area contributed by atoms with E-state index in [4.69, 9.17) is 9.72 Å². The second kappa shape index (κ2) is 16.1. The van der Waals surface area contributed by atoms with Gasteiger partial charge in [0.25, 0.3) is 5.91 Å². The fourth-order valence-corrected chi connectivity index (χ4v) is 10.9. The number of hydrogen-bond acceptors (Lipinski definition) is 8. The van der Waals surface area contributed by atoms with Crippen molar-refractivity contribution in [2.75, 3.05) is 19.6 Å². The van der Waals surface area contributed by atoms with E-state index < -0.39 is 49.8 Å². The number of amides is 3. The van der Waals surface area contributed by atoms with Gasteiger partial charge in [0.1, 0.15) is 22.9 Å². The molecule has 2 aromatic rings. The zero-order chi connectivity index (χ0) is 42.6. The molecule has 7 rings (SSSR count). The SMILES string of the molecule is Cc1nc2ccccc2c2c1OC1(CC2)CC2C(=O)NC3(C(=O)NS(=O)(=O)C4(C)CC4)CCC3C=CCCCCCC(N(CCC(C)(C)C)CCC(C)(C)C)C(=O)N2C1. The summed E-state index contributed by atoms with van der Waals surface area (Å²) in [7, 11) is -3.96. The number of fused-ring (bicyclic) bond motifs is 5. The van der Waals surface area contributed by atoms with Crippen LogP contribution in [0.5, 0.6) is 5.75 Å². The molecule has 2 aliphatic carbocycles. The summed E-state index contributed by atoms with van der Waals surface area (Å²) in [6.07, 6.45) is 13.6. The van der Waals surface area contributed by atoms with E-state index >= 15 is 9.59 Å². The zero-order valence-electron chi connectivity index (χ0n) is 36.9. The summed E-state index contributed by atoms with van der Waals surface area (Å²) >= 11 is 0. The van der Waals surface area contributed by atoms with Crippen LogP contribution in [0.15, 0.2) is 36.4 Å². The summed E-state index contributed by atoms with van der Waals surface area (Å²) in [5.41, 5.74) is 0.599. The Balaban J connectivity index is 1.28. The molecule has 11 nitrogen and oxygen atoms in total.